The molecular formula is C23H25ClN4O2. The third kappa shape index (κ3) is 4.35. The number of imidazole rings is 1. The van der Waals surface area contributed by atoms with Gasteiger partial charge < -0.3 is 19.5 Å². The maximum absolute atomic E-state index is 12.5. The lowest BCUT2D eigenvalue weighted by atomic mass is 10.1. The monoisotopic (exact) mass is 424 g/mol. The van der Waals surface area contributed by atoms with Crippen LogP contribution in [0.2, 0.25) is 5.02 Å². The number of esters is 1. The summed E-state index contributed by atoms with van der Waals surface area (Å²) in [7, 11) is 2.15. The highest BCUT2D eigenvalue weighted by atomic mass is 35.5. The number of nitrogens with one attached hydrogen (secondary N) is 1. The van der Waals surface area contributed by atoms with Gasteiger partial charge in [-0.1, -0.05) is 23.7 Å². The lowest BCUT2D eigenvalue weighted by Gasteiger charge is -2.34. The topological polar surface area (TPSA) is 61.5 Å². The predicted octanol–water partition coefficient (Wildman–Crippen LogP) is 4.33. The van der Waals surface area contributed by atoms with Crippen molar-refractivity contribution in [1.82, 2.24) is 14.9 Å². The fourth-order valence-electron chi connectivity index (χ4n) is 3.57. The minimum absolute atomic E-state index is 0.299. The number of carbonyl (C=O) groups excluding carboxylic acids is 1. The van der Waals surface area contributed by atoms with Crippen LogP contribution in [0.4, 0.5) is 5.69 Å². The van der Waals surface area contributed by atoms with Gasteiger partial charge in [-0.05, 0) is 50.4 Å². The summed E-state index contributed by atoms with van der Waals surface area (Å²) in [6, 6.07) is 15.5. The van der Waals surface area contributed by atoms with Crippen LogP contribution in [0.15, 0.2) is 48.5 Å². The fourth-order valence-corrected chi connectivity index (χ4v) is 3.70. The quantitative estimate of drug-likeness (QED) is 0.618. The number of aromatic nitrogens is 2. The van der Waals surface area contributed by atoms with Crippen LogP contribution >= 0.6 is 11.6 Å². The molecule has 7 heteroatoms. The molecule has 4 rings (SSSR count). The molecule has 0 saturated carbocycles. The number of hydrogen-bond acceptors (Lipinski definition) is 5. The van der Waals surface area contributed by atoms with E-state index in [1.165, 1.54) is 5.69 Å². The average Bonchev–Trinajstić information content (AvgIpc) is 3.21. The summed E-state index contributed by atoms with van der Waals surface area (Å²) in [5.41, 5.74) is 3.82. The van der Waals surface area contributed by atoms with Gasteiger partial charge in [-0.3, -0.25) is 0 Å². The third-order valence-electron chi connectivity index (χ3n) is 5.31. The SMILES string of the molecule is CCOC(=O)c1[nH]c(-c2ccc(N3CCN(C)CC3)cc2)nc1-c1ccc(Cl)cc1. The minimum Gasteiger partial charge on any atom is -0.461 e. The number of anilines is 1. The molecule has 1 saturated heterocycles. The second kappa shape index (κ2) is 8.90. The number of H-pyrrole nitrogens is 1. The number of carbonyl (C=O) groups is 1. The lowest BCUT2D eigenvalue weighted by Crippen LogP contribution is -2.44. The molecule has 0 radical (unpaired) electrons. The number of piperazine rings is 1. The molecule has 3 aromatic rings. The normalized spacial score (nSPS) is 14.7. The van der Waals surface area contributed by atoms with E-state index in [9.17, 15) is 4.79 Å². The van der Waals surface area contributed by atoms with E-state index in [4.69, 9.17) is 21.3 Å². The van der Waals surface area contributed by atoms with Gasteiger partial charge >= 0.3 is 5.97 Å². The molecule has 0 unspecified atom stereocenters. The van der Waals surface area contributed by atoms with Crippen molar-refractivity contribution >= 4 is 23.3 Å². The second-order valence-corrected chi connectivity index (χ2v) is 7.81. The van der Waals surface area contributed by atoms with Gasteiger partial charge in [-0.15, -0.1) is 0 Å². The molecule has 0 bridgehead atoms. The summed E-state index contributed by atoms with van der Waals surface area (Å²) in [6.45, 7) is 6.25. The Bertz CT molecular complexity index is 1010. The molecule has 1 aromatic heterocycles. The minimum atomic E-state index is -0.421. The van der Waals surface area contributed by atoms with Gasteiger partial charge in [0.25, 0.3) is 0 Å². The van der Waals surface area contributed by atoms with Gasteiger partial charge in [0.1, 0.15) is 11.5 Å². The molecule has 2 aromatic carbocycles. The van der Waals surface area contributed by atoms with Crippen LogP contribution in [0.1, 0.15) is 17.4 Å². The first-order valence-electron chi connectivity index (χ1n) is 10.1. The van der Waals surface area contributed by atoms with Crippen LogP contribution in [-0.4, -0.2) is 60.7 Å². The number of nitrogens with zero attached hydrogens (tertiary/aromatic N) is 3. The van der Waals surface area contributed by atoms with Crippen LogP contribution in [0.25, 0.3) is 22.6 Å². The van der Waals surface area contributed by atoms with Gasteiger partial charge in [-0.25, -0.2) is 9.78 Å². The molecule has 0 amide bonds. The summed E-state index contributed by atoms with van der Waals surface area (Å²) in [4.78, 5) is 25.1. The van der Waals surface area contributed by atoms with Crippen LogP contribution in [0.3, 0.4) is 0 Å². The second-order valence-electron chi connectivity index (χ2n) is 7.37. The zero-order valence-electron chi connectivity index (χ0n) is 17.2. The van der Waals surface area contributed by atoms with Crippen molar-refractivity contribution in [3.8, 4) is 22.6 Å². The van der Waals surface area contributed by atoms with E-state index in [1.807, 2.05) is 24.3 Å². The molecule has 156 valence electrons. The van der Waals surface area contributed by atoms with E-state index in [2.05, 4.69) is 34.0 Å². The zero-order chi connectivity index (χ0) is 21.1. The Hall–Kier alpha value is -2.83. The summed E-state index contributed by atoms with van der Waals surface area (Å²) in [6.07, 6.45) is 0. The van der Waals surface area contributed by atoms with Crippen molar-refractivity contribution < 1.29 is 9.53 Å². The highest BCUT2D eigenvalue weighted by molar-refractivity contribution is 6.30. The molecule has 1 fully saturated rings. The van der Waals surface area contributed by atoms with Gasteiger partial charge in [0.2, 0.25) is 0 Å². The summed E-state index contributed by atoms with van der Waals surface area (Å²) in [5, 5.41) is 0.631. The molecule has 0 aliphatic carbocycles. The Kier molecular flexibility index (Phi) is 6.06. The third-order valence-corrected chi connectivity index (χ3v) is 5.56. The predicted molar refractivity (Wildman–Crippen MR) is 120 cm³/mol. The van der Waals surface area contributed by atoms with Gasteiger partial charge in [0.15, 0.2) is 5.69 Å². The molecule has 1 aliphatic heterocycles. The van der Waals surface area contributed by atoms with Crippen molar-refractivity contribution in [2.75, 3.05) is 44.7 Å². The van der Waals surface area contributed by atoms with Crippen LogP contribution < -0.4 is 4.90 Å². The molecule has 2 heterocycles. The number of likely N-dealkylation sites (N-methyl/N-ethyl adjacent to an activating group) is 1. The van der Waals surface area contributed by atoms with E-state index in [-0.39, 0.29) is 0 Å². The molecule has 6 nitrogen and oxygen atoms in total. The Morgan fingerprint density at radius 1 is 1.03 bits per heavy atom. The molecular weight excluding hydrogens is 400 g/mol. The Morgan fingerprint density at radius 2 is 1.67 bits per heavy atom. The van der Waals surface area contributed by atoms with E-state index in [0.29, 0.717) is 28.8 Å². The molecule has 0 spiro atoms. The average molecular weight is 425 g/mol. The number of aromatic amines is 1. The molecule has 0 atom stereocenters. The van der Waals surface area contributed by atoms with Crippen molar-refractivity contribution in [3.63, 3.8) is 0 Å². The van der Waals surface area contributed by atoms with E-state index >= 15 is 0 Å². The molecule has 1 N–H and O–H groups in total. The Balaban J connectivity index is 1.64. The fraction of sp³-hybridized carbons (Fsp3) is 0.304. The number of rotatable bonds is 5. The number of halogens is 1. The smallest absolute Gasteiger partial charge is 0.357 e. The highest BCUT2D eigenvalue weighted by Crippen LogP contribution is 2.29. The summed E-state index contributed by atoms with van der Waals surface area (Å²) in [5.74, 6) is 0.211. The van der Waals surface area contributed by atoms with Crippen molar-refractivity contribution in [1.29, 1.82) is 0 Å². The first-order valence-corrected chi connectivity index (χ1v) is 10.5. The van der Waals surface area contributed by atoms with E-state index in [1.54, 1.807) is 19.1 Å². The maximum atomic E-state index is 12.5. The first-order chi connectivity index (χ1) is 14.5. The largest absolute Gasteiger partial charge is 0.461 e. The number of ether oxygens (including phenoxy) is 1. The van der Waals surface area contributed by atoms with Gasteiger partial charge in [-0.2, -0.15) is 0 Å². The van der Waals surface area contributed by atoms with Crippen molar-refractivity contribution in [3.05, 3.63) is 59.2 Å². The summed E-state index contributed by atoms with van der Waals surface area (Å²) < 4.78 is 5.22. The van der Waals surface area contributed by atoms with Gasteiger partial charge in [0, 0.05) is 48.0 Å². The standard InChI is InChI=1S/C23H25ClN4O2/c1-3-30-23(29)21-20(16-4-8-18(24)9-5-16)25-22(26-21)17-6-10-19(11-7-17)28-14-12-27(2)13-15-28/h4-11H,3,12-15H2,1-2H3,(H,25,26). The van der Waals surface area contributed by atoms with Crippen LogP contribution in [0.5, 0.6) is 0 Å². The highest BCUT2D eigenvalue weighted by Gasteiger charge is 2.21. The van der Waals surface area contributed by atoms with Crippen molar-refractivity contribution in [2.45, 2.75) is 6.92 Å². The molecule has 1 aliphatic rings. The zero-order valence-corrected chi connectivity index (χ0v) is 17.9. The Labute approximate surface area is 181 Å². The number of hydrogen-bond donors (Lipinski definition) is 1. The maximum Gasteiger partial charge on any atom is 0.357 e. The molecule has 30 heavy (non-hydrogen) atoms. The van der Waals surface area contributed by atoms with Crippen LogP contribution in [-0.2, 0) is 4.74 Å². The summed E-state index contributed by atoms with van der Waals surface area (Å²) >= 11 is 6.01. The van der Waals surface area contributed by atoms with E-state index in [0.717, 1.165) is 37.3 Å². The van der Waals surface area contributed by atoms with E-state index < -0.39 is 5.97 Å². The number of benzene rings is 2. The van der Waals surface area contributed by atoms with Crippen LogP contribution in [0, 0.1) is 0 Å². The lowest BCUT2D eigenvalue weighted by molar-refractivity contribution is 0.0521. The first kappa shape index (κ1) is 20.4. The van der Waals surface area contributed by atoms with Gasteiger partial charge in [0.05, 0.1) is 6.61 Å². The van der Waals surface area contributed by atoms with Crippen molar-refractivity contribution in [2.24, 2.45) is 0 Å². The Morgan fingerprint density at radius 3 is 2.30 bits per heavy atom.